The number of nitrogens with zero attached hydrogens (tertiary/aromatic N) is 1. The highest BCUT2D eigenvalue weighted by atomic mass is 31.2. The van der Waals surface area contributed by atoms with E-state index in [1.807, 2.05) is 5.09 Å². The van der Waals surface area contributed by atoms with E-state index in [0.717, 1.165) is 4.57 Å². The average Bonchev–Trinajstić information content (AvgIpc) is 2.96. The fraction of sp³-hybridized carbons (Fsp3) is 0.417. The minimum Gasteiger partial charge on any atom is -0.480 e. The van der Waals surface area contributed by atoms with Crippen molar-refractivity contribution in [2.24, 2.45) is 0 Å². The van der Waals surface area contributed by atoms with Gasteiger partial charge in [0.15, 0.2) is 6.23 Å². The number of carboxylic acids is 1. The highest BCUT2D eigenvalue weighted by Gasteiger charge is 2.26. The van der Waals surface area contributed by atoms with Gasteiger partial charge in [-0.05, 0) is 13.0 Å². The van der Waals surface area contributed by atoms with Crippen molar-refractivity contribution in [3.63, 3.8) is 0 Å². The van der Waals surface area contributed by atoms with Crippen molar-refractivity contribution in [1.82, 2.24) is 14.6 Å². The number of aliphatic carboxylic acids is 1. The van der Waals surface area contributed by atoms with Crippen LogP contribution in [0.25, 0.3) is 0 Å². The lowest BCUT2D eigenvalue weighted by Gasteiger charge is -2.18. The molecule has 2 heterocycles. The number of carboxylic acid groups (broad SMARTS) is 1. The molecular formula is C12H16N3O8P. The second kappa shape index (κ2) is 7.24. The first-order valence-corrected chi connectivity index (χ1v) is 8.36. The molecule has 4 N–H and O–H groups in total. The zero-order chi connectivity index (χ0) is 17.9. The number of aryl methyl sites for hydroxylation is 1. The molecule has 0 aromatic carbocycles. The van der Waals surface area contributed by atoms with Gasteiger partial charge in [-0.2, -0.15) is 0 Å². The van der Waals surface area contributed by atoms with E-state index in [9.17, 15) is 23.8 Å². The number of hydrogen-bond acceptors (Lipinski definition) is 6. The topological polar surface area (TPSA) is 160 Å². The summed E-state index contributed by atoms with van der Waals surface area (Å²) in [5.74, 6) is -1.31. The quantitative estimate of drug-likeness (QED) is 0.356. The first-order valence-electron chi connectivity index (χ1n) is 6.78. The van der Waals surface area contributed by atoms with Gasteiger partial charge in [0.1, 0.15) is 12.6 Å². The van der Waals surface area contributed by atoms with Crippen LogP contribution in [-0.4, -0.2) is 44.8 Å². The molecule has 0 aliphatic carbocycles. The van der Waals surface area contributed by atoms with Crippen LogP contribution in [0.1, 0.15) is 11.8 Å². The summed E-state index contributed by atoms with van der Waals surface area (Å²) in [5.41, 5.74) is -0.828. The molecular weight excluding hydrogens is 345 g/mol. The van der Waals surface area contributed by atoms with E-state index in [0.29, 0.717) is 5.56 Å². The van der Waals surface area contributed by atoms with Gasteiger partial charge in [-0.15, -0.1) is 0 Å². The van der Waals surface area contributed by atoms with Crippen molar-refractivity contribution in [2.75, 3.05) is 13.2 Å². The Balaban J connectivity index is 1.95. The molecule has 3 atom stereocenters. The predicted molar refractivity (Wildman–Crippen MR) is 80.5 cm³/mol. The van der Waals surface area contributed by atoms with Gasteiger partial charge in [0.25, 0.3) is 5.56 Å². The third kappa shape index (κ3) is 4.73. The number of aromatic nitrogens is 2. The summed E-state index contributed by atoms with van der Waals surface area (Å²) in [4.78, 5) is 45.0. The number of hydrogen-bond donors (Lipinski definition) is 4. The Labute approximate surface area is 135 Å². The summed E-state index contributed by atoms with van der Waals surface area (Å²) in [5, 5.41) is 10.3. The van der Waals surface area contributed by atoms with E-state index in [-0.39, 0.29) is 6.61 Å². The number of carbonyl (C=O) groups is 1. The van der Waals surface area contributed by atoms with Gasteiger partial charge in [-0.3, -0.25) is 23.7 Å². The molecule has 0 spiro atoms. The monoisotopic (exact) mass is 361 g/mol. The van der Waals surface area contributed by atoms with E-state index >= 15 is 0 Å². The normalized spacial score (nSPS) is 22.4. The summed E-state index contributed by atoms with van der Waals surface area (Å²) in [6, 6.07) is 0. The maximum absolute atomic E-state index is 11.8. The van der Waals surface area contributed by atoms with Crippen LogP contribution in [0.15, 0.2) is 27.9 Å². The number of ether oxygens (including phenoxy) is 1. The highest BCUT2D eigenvalue weighted by molar-refractivity contribution is 7.50. The van der Waals surface area contributed by atoms with Gasteiger partial charge in [-0.1, -0.05) is 6.08 Å². The molecule has 1 aliphatic rings. The summed E-state index contributed by atoms with van der Waals surface area (Å²) >= 11 is 0. The molecule has 0 saturated carbocycles. The second-order valence-electron chi connectivity index (χ2n) is 4.97. The molecule has 1 aliphatic heterocycles. The first-order chi connectivity index (χ1) is 11.2. The van der Waals surface area contributed by atoms with Crippen molar-refractivity contribution in [3.8, 4) is 0 Å². The molecule has 0 amide bonds. The van der Waals surface area contributed by atoms with Crippen molar-refractivity contribution >= 4 is 13.7 Å². The Kier molecular flexibility index (Phi) is 5.52. The minimum atomic E-state index is -4.28. The van der Waals surface area contributed by atoms with Crippen molar-refractivity contribution in [2.45, 2.75) is 19.3 Å². The zero-order valence-corrected chi connectivity index (χ0v) is 13.4. The van der Waals surface area contributed by atoms with Gasteiger partial charge in [0.05, 0.1) is 6.61 Å². The predicted octanol–water partition coefficient (Wildman–Crippen LogP) is -0.910. The number of nitrogens with one attached hydrogen (secondary N) is 2. The van der Waals surface area contributed by atoms with Crippen LogP contribution in [-0.2, 0) is 18.6 Å². The standard InChI is InChI=1S/C12H16N3O8P/c1-7-5-15(12(19)14-11(7)18)9-3-2-8(23-9)6-22-24(20,21)13-4-10(16)17/h2-3,5,8-9H,4,6H2,1H3,(H,16,17)(H2,13,20,21)(H,14,18,19)/t8-,9+/m0/s1. The molecule has 132 valence electrons. The Morgan fingerprint density at radius 1 is 1.50 bits per heavy atom. The van der Waals surface area contributed by atoms with Crippen LogP contribution < -0.4 is 16.3 Å². The van der Waals surface area contributed by atoms with E-state index in [4.69, 9.17) is 14.4 Å². The Morgan fingerprint density at radius 3 is 2.88 bits per heavy atom. The van der Waals surface area contributed by atoms with Crippen molar-refractivity contribution < 1.29 is 28.6 Å². The maximum atomic E-state index is 11.8. The van der Waals surface area contributed by atoms with E-state index in [2.05, 4.69) is 4.98 Å². The molecule has 11 nitrogen and oxygen atoms in total. The zero-order valence-electron chi connectivity index (χ0n) is 12.5. The molecule has 12 heteroatoms. The molecule has 0 bridgehead atoms. The van der Waals surface area contributed by atoms with Crippen LogP contribution in [0.5, 0.6) is 0 Å². The van der Waals surface area contributed by atoms with Gasteiger partial charge in [0.2, 0.25) is 0 Å². The smallest absolute Gasteiger partial charge is 0.403 e. The number of rotatable bonds is 7. The van der Waals surface area contributed by atoms with E-state index < -0.39 is 43.8 Å². The Hall–Kier alpha value is -2.04. The summed E-state index contributed by atoms with van der Waals surface area (Å²) in [7, 11) is -4.28. The molecule has 0 fully saturated rings. The third-order valence-corrected chi connectivity index (χ3v) is 4.13. The lowest BCUT2D eigenvalue weighted by molar-refractivity contribution is -0.135. The van der Waals surface area contributed by atoms with Crippen LogP contribution in [0.3, 0.4) is 0 Å². The number of H-pyrrole nitrogens is 1. The Morgan fingerprint density at radius 2 is 2.21 bits per heavy atom. The van der Waals surface area contributed by atoms with Crippen LogP contribution >= 0.6 is 7.75 Å². The van der Waals surface area contributed by atoms with Crippen LogP contribution in [0.4, 0.5) is 0 Å². The van der Waals surface area contributed by atoms with Crippen molar-refractivity contribution in [1.29, 1.82) is 0 Å². The fourth-order valence-electron chi connectivity index (χ4n) is 1.90. The lowest BCUT2D eigenvalue weighted by Crippen LogP contribution is -2.33. The van der Waals surface area contributed by atoms with Gasteiger partial charge >= 0.3 is 19.4 Å². The van der Waals surface area contributed by atoms with Gasteiger partial charge in [0, 0.05) is 11.8 Å². The summed E-state index contributed by atoms with van der Waals surface area (Å²) < 4.78 is 22.9. The highest BCUT2D eigenvalue weighted by Crippen LogP contribution is 2.37. The van der Waals surface area contributed by atoms with Crippen molar-refractivity contribution in [3.05, 3.63) is 44.8 Å². The maximum Gasteiger partial charge on any atom is 0.403 e. The summed E-state index contributed by atoms with van der Waals surface area (Å²) in [6.07, 6.45) is 2.87. The molecule has 1 aromatic rings. The second-order valence-corrected chi connectivity index (χ2v) is 6.59. The number of aromatic amines is 1. The molecule has 2 rings (SSSR count). The van der Waals surface area contributed by atoms with Gasteiger partial charge < -0.3 is 14.7 Å². The molecule has 1 unspecified atom stereocenters. The molecule has 0 radical (unpaired) electrons. The van der Waals surface area contributed by atoms with Gasteiger partial charge in [-0.25, -0.2) is 14.4 Å². The minimum absolute atomic E-state index is 0.323. The fourth-order valence-corrected chi connectivity index (χ4v) is 2.68. The third-order valence-electron chi connectivity index (χ3n) is 3.07. The molecule has 1 aromatic heterocycles. The Bertz CT molecular complexity index is 813. The van der Waals surface area contributed by atoms with Crippen LogP contribution in [0.2, 0.25) is 0 Å². The van der Waals surface area contributed by atoms with E-state index in [1.165, 1.54) is 25.3 Å². The van der Waals surface area contributed by atoms with Crippen LogP contribution in [0, 0.1) is 6.92 Å². The lowest BCUT2D eigenvalue weighted by atomic mass is 10.3. The molecule has 24 heavy (non-hydrogen) atoms. The molecule has 0 saturated heterocycles. The average molecular weight is 361 g/mol. The largest absolute Gasteiger partial charge is 0.480 e. The van der Waals surface area contributed by atoms with E-state index in [1.54, 1.807) is 0 Å². The summed E-state index contributed by atoms with van der Waals surface area (Å²) in [6.45, 7) is 0.471. The SMILES string of the molecule is Cc1cn([C@H]2C=C[C@@H](COP(=O)(O)NCC(=O)O)O2)c(=O)[nH]c1=O. The first kappa shape index (κ1) is 18.3.